The summed E-state index contributed by atoms with van der Waals surface area (Å²) in [4.78, 5) is 2.48. The summed E-state index contributed by atoms with van der Waals surface area (Å²) in [5, 5.41) is 1.48. The van der Waals surface area contributed by atoms with Crippen LogP contribution in [0.25, 0.3) is 0 Å². The van der Waals surface area contributed by atoms with Crippen LogP contribution in [0.5, 0.6) is 0 Å². The Hall–Kier alpha value is -0.280. The Morgan fingerprint density at radius 2 is 2.11 bits per heavy atom. The van der Waals surface area contributed by atoms with Gasteiger partial charge in [-0.05, 0) is 49.6 Å². The van der Waals surface area contributed by atoms with E-state index < -0.39 is 0 Å². The molecule has 0 radical (unpaired) electrons. The monoisotopic (exact) mass is 286 g/mol. The smallest absolute Gasteiger partial charge is 0.0488 e. The van der Waals surface area contributed by atoms with Crippen molar-refractivity contribution in [3.05, 3.63) is 33.8 Å². The summed E-state index contributed by atoms with van der Waals surface area (Å²) in [6.45, 7) is 3.84. The van der Waals surface area contributed by atoms with Crippen LogP contribution < -0.4 is 5.73 Å². The molecule has 0 aromatic heterocycles. The quantitative estimate of drug-likeness (QED) is 0.860. The van der Waals surface area contributed by atoms with Crippen LogP contribution in [0.15, 0.2) is 18.2 Å². The van der Waals surface area contributed by atoms with Crippen LogP contribution in [0, 0.1) is 0 Å². The summed E-state index contributed by atoms with van der Waals surface area (Å²) in [6.07, 6.45) is 3.68. The van der Waals surface area contributed by atoms with Gasteiger partial charge in [0.05, 0.1) is 0 Å². The molecule has 18 heavy (non-hydrogen) atoms. The highest BCUT2D eigenvalue weighted by molar-refractivity contribution is 6.33. The Bertz CT molecular complexity index is 405. The number of nitrogens with zero attached hydrogens (tertiary/aromatic N) is 1. The summed E-state index contributed by atoms with van der Waals surface area (Å²) >= 11 is 12.4. The lowest BCUT2D eigenvalue weighted by molar-refractivity contribution is 0.191. The molecule has 0 saturated heterocycles. The molecule has 1 aromatic carbocycles. The molecule has 1 saturated carbocycles. The zero-order valence-electron chi connectivity index (χ0n) is 10.7. The van der Waals surface area contributed by atoms with Gasteiger partial charge in [0.15, 0.2) is 0 Å². The Morgan fingerprint density at radius 1 is 1.39 bits per heavy atom. The molecule has 1 aromatic rings. The molecular formula is C14H20Cl2N2. The zero-order chi connectivity index (χ0) is 13.1. The van der Waals surface area contributed by atoms with Gasteiger partial charge in [-0.2, -0.15) is 0 Å². The molecule has 0 bridgehead atoms. The number of halogens is 2. The fourth-order valence-corrected chi connectivity index (χ4v) is 2.89. The van der Waals surface area contributed by atoms with Gasteiger partial charge in [0.2, 0.25) is 0 Å². The van der Waals surface area contributed by atoms with Crippen LogP contribution in [-0.2, 0) is 0 Å². The van der Waals surface area contributed by atoms with Gasteiger partial charge in [0.1, 0.15) is 0 Å². The zero-order valence-corrected chi connectivity index (χ0v) is 12.2. The van der Waals surface area contributed by atoms with Gasteiger partial charge in [-0.15, -0.1) is 0 Å². The number of nitrogens with two attached hydrogens (primary N) is 1. The highest BCUT2D eigenvalue weighted by Gasteiger charge is 2.34. The predicted octanol–water partition coefficient (Wildman–Crippen LogP) is 3.87. The second-order valence-corrected chi connectivity index (χ2v) is 5.73. The van der Waals surface area contributed by atoms with Crippen LogP contribution >= 0.6 is 23.2 Å². The maximum Gasteiger partial charge on any atom is 0.0488 e. The first-order chi connectivity index (χ1) is 8.67. The van der Waals surface area contributed by atoms with E-state index in [1.54, 1.807) is 0 Å². The molecule has 1 atom stereocenters. The van der Waals surface area contributed by atoms with Gasteiger partial charge in [0.25, 0.3) is 0 Å². The van der Waals surface area contributed by atoms with Crippen molar-refractivity contribution in [2.75, 3.05) is 13.1 Å². The van der Waals surface area contributed by atoms with E-state index in [9.17, 15) is 0 Å². The van der Waals surface area contributed by atoms with Crippen molar-refractivity contribution in [2.24, 2.45) is 5.73 Å². The van der Waals surface area contributed by atoms with E-state index >= 15 is 0 Å². The van der Waals surface area contributed by atoms with Gasteiger partial charge in [-0.25, -0.2) is 0 Å². The van der Waals surface area contributed by atoms with Crippen molar-refractivity contribution in [3.63, 3.8) is 0 Å². The normalized spacial score (nSPS) is 17.2. The summed E-state index contributed by atoms with van der Waals surface area (Å²) in [5.74, 6) is 0. The van der Waals surface area contributed by atoms with Gasteiger partial charge in [0, 0.05) is 28.7 Å². The first kappa shape index (κ1) is 14.1. The maximum absolute atomic E-state index is 6.30. The molecule has 4 heteroatoms. The van der Waals surface area contributed by atoms with Crippen molar-refractivity contribution >= 4 is 23.2 Å². The minimum absolute atomic E-state index is 0.184. The van der Waals surface area contributed by atoms with Crippen LogP contribution in [-0.4, -0.2) is 24.0 Å². The van der Waals surface area contributed by atoms with E-state index in [2.05, 4.69) is 11.8 Å². The molecule has 0 amide bonds. The molecule has 1 aliphatic rings. The first-order valence-electron chi connectivity index (χ1n) is 6.58. The van der Waals surface area contributed by atoms with Crippen LogP contribution in [0.4, 0.5) is 0 Å². The average molecular weight is 287 g/mol. The average Bonchev–Trinajstić information content (AvgIpc) is 3.17. The lowest BCUT2D eigenvalue weighted by atomic mass is 10.0. The van der Waals surface area contributed by atoms with E-state index in [-0.39, 0.29) is 6.04 Å². The third kappa shape index (κ3) is 3.18. The van der Waals surface area contributed by atoms with Crippen LogP contribution in [0.2, 0.25) is 10.0 Å². The largest absolute Gasteiger partial charge is 0.329 e. The summed E-state index contributed by atoms with van der Waals surface area (Å²) in [6, 6.07) is 6.49. The molecule has 1 unspecified atom stereocenters. The lowest BCUT2D eigenvalue weighted by Gasteiger charge is -2.31. The molecule has 1 fully saturated rings. The second kappa shape index (κ2) is 6.25. The standard InChI is InChI=1S/C14H20Cl2N2/c1-2-7-18(11-4-5-11)14(9-17)12-8-10(15)3-6-13(12)16/h3,6,8,11,14H,2,4-5,7,9,17H2,1H3. The molecule has 0 spiro atoms. The third-order valence-corrected chi connectivity index (χ3v) is 4.02. The fraction of sp³-hybridized carbons (Fsp3) is 0.571. The molecule has 1 aliphatic carbocycles. The Morgan fingerprint density at radius 3 is 2.67 bits per heavy atom. The predicted molar refractivity (Wildman–Crippen MR) is 78.3 cm³/mol. The molecular weight excluding hydrogens is 267 g/mol. The van der Waals surface area contributed by atoms with Gasteiger partial charge in [-0.3, -0.25) is 4.90 Å². The summed E-state index contributed by atoms with van der Waals surface area (Å²) in [5.41, 5.74) is 7.04. The highest BCUT2D eigenvalue weighted by Crippen LogP contribution is 2.37. The van der Waals surface area contributed by atoms with E-state index in [1.165, 1.54) is 12.8 Å². The van der Waals surface area contributed by atoms with Crippen molar-refractivity contribution in [3.8, 4) is 0 Å². The van der Waals surface area contributed by atoms with E-state index in [4.69, 9.17) is 28.9 Å². The lowest BCUT2D eigenvalue weighted by Crippen LogP contribution is -2.36. The Kier molecular flexibility index (Phi) is 4.91. The molecule has 100 valence electrons. The molecule has 0 heterocycles. The van der Waals surface area contributed by atoms with Gasteiger partial charge >= 0.3 is 0 Å². The minimum atomic E-state index is 0.184. The molecule has 2 N–H and O–H groups in total. The Balaban J connectivity index is 2.27. The number of hydrogen-bond acceptors (Lipinski definition) is 2. The number of benzene rings is 1. The van der Waals surface area contributed by atoms with Crippen molar-refractivity contribution in [1.82, 2.24) is 4.90 Å². The first-order valence-corrected chi connectivity index (χ1v) is 7.33. The topological polar surface area (TPSA) is 29.3 Å². The van der Waals surface area contributed by atoms with E-state index in [1.807, 2.05) is 18.2 Å². The van der Waals surface area contributed by atoms with Crippen molar-refractivity contribution < 1.29 is 0 Å². The second-order valence-electron chi connectivity index (χ2n) is 4.89. The van der Waals surface area contributed by atoms with Gasteiger partial charge in [-0.1, -0.05) is 30.1 Å². The number of rotatable bonds is 6. The van der Waals surface area contributed by atoms with E-state index in [0.717, 1.165) is 28.6 Å². The maximum atomic E-state index is 6.30. The summed E-state index contributed by atoms with van der Waals surface area (Å²) in [7, 11) is 0. The van der Waals surface area contributed by atoms with Crippen LogP contribution in [0.3, 0.4) is 0 Å². The SMILES string of the molecule is CCCN(C1CC1)C(CN)c1cc(Cl)ccc1Cl. The van der Waals surface area contributed by atoms with Crippen molar-refractivity contribution in [2.45, 2.75) is 38.3 Å². The Labute approximate surface area is 119 Å². The molecule has 0 aliphatic heterocycles. The van der Waals surface area contributed by atoms with E-state index in [0.29, 0.717) is 12.6 Å². The minimum Gasteiger partial charge on any atom is -0.329 e. The van der Waals surface area contributed by atoms with Crippen LogP contribution in [0.1, 0.15) is 37.8 Å². The molecule has 2 rings (SSSR count). The fourth-order valence-electron chi connectivity index (χ4n) is 2.47. The molecule has 2 nitrogen and oxygen atoms in total. The van der Waals surface area contributed by atoms with Gasteiger partial charge < -0.3 is 5.73 Å². The third-order valence-electron chi connectivity index (χ3n) is 3.44. The number of hydrogen-bond donors (Lipinski definition) is 1. The summed E-state index contributed by atoms with van der Waals surface area (Å²) < 4.78 is 0. The van der Waals surface area contributed by atoms with Crippen molar-refractivity contribution in [1.29, 1.82) is 0 Å². The highest BCUT2D eigenvalue weighted by atomic mass is 35.5.